The van der Waals surface area contributed by atoms with Gasteiger partial charge in [0.2, 0.25) is 0 Å². The van der Waals surface area contributed by atoms with E-state index in [1.54, 1.807) is 13.8 Å². The molecule has 0 atom stereocenters. The minimum Gasteiger partial charge on any atom is -0.462 e. The molecule has 0 bridgehead atoms. The number of fused-ring (bicyclic) bond motifs is 1. The van der Waals surface area contributed by atoms with Crippen LogP contribution in [0.5, 0.6) is 0 Å². The van der Waals surface area contributed by atoms with Crippen LogP contribution < -0.4 is 0 Å². The molecule has 88 valence electrons. The van der Waals surface area contributed by atoms with Crippen LogP contribution in [-0.4, -0.2) is 22.8 Å². The Morgan fingerprint density at radius 3 is 2.88 bits per heavy atom. The number of hydrogen-bond acceptors (Lipinski definition) is 4. The number of rotatable bonds is 2. The Morgan fingerprint density at radius 1 is 1.41 bits per heavy atom. The predicted octanol–water partition coefficient (Wildman–Crippen LogP) is 2.88. The van der Waals surface area contributed by atoms with Crippen molar-refractivity contribution >= 4 is 32.8 Å². The molecule has 5 heteroatoms. The molecule has 2 aromatic rings. The Hall–Kier alpha value is -1.49. The maximum absolute atomic E-state index is 11.9. The van der Waals surface area contributed by atoms with Gasteiger partial charge in [0.1, 0.15) is 0 Å². The van der Waals surface area contributed by atoms with Crippen molar-refractivity contribution in [1.82, 2.24) is 10.2 Å². The molecule has 1 aromatic heterocycles. The van der Waals surface area contributed by atoms with Crippen LogP contribution in [-0.2, 0) is 4.74 Å². The lowest BCUT2D eigenvalue weighted by Gasteiger charge is -2.07. The third kappa shape index (κ3) is 2.29. The molecule has 2 rings (SSSR count). The molecule has 0 unspecified atom stereocenters. The number of ether oxygens (including phenoxy) is 1. The Morgan fingerprint density at radius 2 is 2.18 bits per heavy atom. The van der Waals surface area contributed by atoms with E-state index >= 15 is 0 Å². The third-order valence-electron chi connectivity index (χ3n) is 2.38. The summed E-state index contributed by atoms with van der Waals surface area (Å²) in [7, 11) is 0. The molecular weight excluding hydrogens is 284 g/mol. The van der Waals surface area contributed by atoms with Gasteiger partial charge in [0, 0.05) is 9.86 Å². The summed E-state index contributed by atoms with van der Waals surface area (Å²) >= 11 is 3.38. The van der Waals surface area contributed by atoms with Crippen LogP contribution in [0.3, 0.4) is 0 Å². The topological polar surface area (TPSA) is 52.1 Å². The maximum atomic E-state index is 11.9. The molecule has 0 aliphatic heterocycles. The molecule has 0 N–H and O–H groups in total. The molecule has 0 aliphatic carbocycles. The number of benzene rings is 1. The summed E-state index contributed by atoms with van der Waals surface area (Å²) in [5, 5.41) is 8.78. The van der Waals surface area contributed by atoms with E-state index in [0.29, 0.717) is 23.4 Å². The number of nitrogens with zero attached hydrogens (tertiary/aromatic N) is 2. The summed E-state index contributed by atoms with van der Waals surface area (Å²) in [5.41, 5.74) is 1.74. The van der Waals surface area contributed by atoms with Crippen LogP contribution in [0.15, 0.2) is 22.7 Å². The Labute approximate surface area is 107 Å². The first-order valence-electron chi connectivity index (χ1n) is 5.23. The first-order chi connectivity index (χ1) is 8.13. The van der Waals surface area contributed by atoms with Gasteiger partial charge in [0.15, 0.2) is 0 Å². The van der Waals surface area contributed by atoms with E-state index in [9.17, 15) is 4.79 Å². The van der Waals surface area contributed by atoms with Crippen molar-refractivity contribution in [2.75, 3.05) is 6.61 Å². The van der Waals surface area contributed by atoms with Crippen molar-refractivity contribution in [3.05, 3.63) is 33.9 Å². The summed E-state index contributed by atoms with van der Waals surface area (Å²) in [6.07, 6.45) is 0. The molecule has 0 saturated carbocycles. The van der Waals surface area contributed by atoms with Crippen LogP contribution in [0.4, 0.5) is 0 Å². The SMILES string of the molecule is CCOC(=O)c1c(C)nnc2ccc(Br)cc12. The second kappa shape index (κ2) is 4.79. The number of aryl methyl sites for hydroxylation is 1. The third-order valence-corrected chi connectivity index (χ3v) is 2.87. The van der Waals surface area contributed by atoms with Crippen molar-refractivity contribution in [3.8, 4) is 0 Å². The Bertz CT molecular complexity index is 579. The highest BCUT2D eigenvalue weighted by molar-refractivity contribution is 9.10. The van der Waals surface area contributed by atoms with Gasteiger partial charge >= 0.3 is 5.97 Å². The summed E-state index contributed by atoms with van der Waals surface area (Å²) in [6.45, 7) is 3.87. The van der Waals surface area contributed by atoms with E-state index in [2.05, 4.69) is 26.1 Å². The van der Waals surface area contributed by atoms with E-state index < -0.39 is 0 Å². The number of carbonyl (C=O) groups excluding carboxylic acids is 1. The molecule has 0 radical (unpaired) electrons. The van der Waals surface area contributed by atoms with E-state index in [4.69, 9.17) is 4.74 Å². The van der Waals surface area contributed by atoms with Crippen molar-refractivity contribution < 1.29 is 9.53 Å². The van der Waals surface area contributed by atoms with Gasteiger partial charge in [-0.15, -0.1) is 0 Å². The molecule has 0 saturated heterocycles. The largest absolute Gasteiger partial charge is 0.462 e. The summed E-state index contributed by atoms with van der Waals surface area (Å²) in [5.74, 6) is -0.358. The lowest BCUT2D eigenvalue weighted by molar-refractivity contribution is 0.0527. The number of hydrogen-bond donors (Lipinski definition) is 0. The van der Waals surface area contributed by atoms with Crippen molar-refractivity contribution in [1.29, 1.82) is 0 Å². The van der Waals surface area contributed by atoms with Crippen molar-refractivity contribution in [2.45, 2.75) is 13.8 Å². The highest BCUT2D eigenvalue weighted by atomic mass is 79.9. The average Bonchev–Trinajstić information content (AvgIpc) is 2.28. The van der Waals surface area contributed by atoms with E-state index in [1.807, 2.05) is 18.2 Å². The maximum Gasteiger partial charge on any atom is 0.340 e. The molecule has 4 nitrogen and oxygen atoms in total. The molecule has 0 spiro atoms. The minimum absolute atomic E-state index is 0.343. The zero-order valence-electron chi connectivity index (χ0n) is 9.53. The van der Waals surface area contributed by atoms with Crippen LogP contribution in [0.25, 0.3) is 10.9 Å². The predicted molar refractivity (Wildman–Crippen MR) is 67.9 cm³/mol. The van der Waals surface area contributed by atoms with Crippen LogP contribution in [0.2, 0.25) is 0 Å². The minimum atomic E-state index is -0.358. The molecular formula is C12H11BrN2O2. The number of esters is 1. The number of carbonyl (C=O) groups is 1. The normalized spacial score (nSPS) is 10.5. The first kappa shape index (κ1) is 12.0. The number of halogens is 1. The first-order valence-corrected chi connectivity index (χ1v) is 6.02. The van der Waals surface area contributed by atoms with Gasteiger partial charge in [0.05, 0.1) is 23.4 Å². The lowest BCUT2D eigenvalue weighted by Crippen LogP contribution is -2.09. The monoisotopic (exact) mass is 294 g/mol. The fraction of sp³-hybridized carbons (Fsp3) is 0.250. The average molecular weight is 295 g/mol. The van der Waals surface area contributed by atoms with E-state index in [1.165, 1.54) is 0 Å². The molecule has 0 fully saturated rings. The summed E-state index contributed by atoms with van der Waals surface area (Å²) < 4.78 is 5.93. The van der Waals surface area contributed by atoms with Gasteiger partial charge in [-0.2, -0.15) is 10.2 Å². The standard InChI is InChI=1S/C12H11BrN2O2/c1-3-17-12(16)11-7(2)14-15-10-5-4-8(13)6-9(10)11/h4-6H,3H2,1-2H3. The van der Waals surface area contributed by atoms with Crippen LogP contribution in [0.1, 0.15) is 23.0 Å². The second-order valence-corrected chi connectivity index (χ2v) is 4.46. The van der Waals surface area contributed by atoms with Crippen molar-refractivity contribution in [3.63, 3.8) is 0 Å². The molecule has 1 heterocycles. The summed E-state index contributed by atoms with van der Waals surface area (Å²) in [4.78, 5) is 11.9. The molecule has 0 amide bonds. The highest BCUT2D eigenvalue weighted by Crippen LogP contribution is 2.23. The zero-order chi connectivity index (χ0) is 12.4. The number of aromatic nitrogens is 2. The highest BCUT2D eigenvalue weighted by Gasteiger charge is 2.16. The molecule has 17 heavy (non-hydrogen) atoms. The Kier molecular flexibility index (Phi) is 3.38. The lowest BCUT2D eigenvalue weighted by atomic mass is 10.1. The van der Waals surface area contributed by atoms with Gasteiger partial charge in [-0.3, -0.25) is 0 Å². The van der Waals surface area contributed by atoms with Gasteiger partial charge in [-0.25, -0.2) is 4.79 Å². The zero-order valence-corrected chi connectivity index (χ0v) is 11.1. The smallest absolute Gasteiger partial charge is 0.340 e. The van der Waals surface area contributed by atoms with Gasteiger partial charge < -0.3 is 4.74 Å². The second-order valence-electron chi connectivity index (χ2n) is 3.54. The van der Waals surface area contributed by atoms with E-state index in [-0.39, 0.29) is 5.97 Å². The fourth-order valence-electron chi connectivity index (χ4n) is 1.63. The quantitative estimate of drug-likeness (QED) is 0.799. The fourth-order valence-corrected chi connectivity index (χ4v) is 1.99. The van der Waals surface area contributed by atoms with Gasteiger partial charge in [-0.1, -0.05) is 15.9 Å². The van der Waals surface area contributed by atoms with Gasteiger partial charge in [0.25, 0.3) is 0 Å². The Balaban J connectivity index is 2.70. The summed E-state index contributed by atoms with van der Waals surface area (Å²) in [6, 6.07) is 5.53. The molecule has 1 aromatic carbocycles. The van der Waals surface area contributed by atoms with Crippen LogP contribution in [0, 0.1) is 6.92 Å². The van der Waals surface area contributed by atoms with Crippen molar-refractivity contribution in [2.24, 2.45) is 0 Å². The molecule has 0 aliphatic rings. The van der Waals surface area contributed by atoms with Crippen LogP contribution >= 0.6 is 15.9 Å². The van der Waals surface area contributed by atoms with E-state index in [0.717, 1.165) is 9.86 Å². The van der Waals surface area contributed by atoms with Gasteiger partial charge in [-0.05, 0) is 32.0 Å².